The van der Waals surface area contributed by atoms with E-state index in [2.05, 4.69) is 24.1 Å². The van der Waals surface area contributed by atoms with E-state index in [0.29, 0.717) is 0 Å². The van der Waals surface area contributed by atoms with Gasteiger partial charge in [0.15, 0.2) is 0 Å². The van der Waals surface area contributed by atoms with Crippen LogP contribution in [0.25, 0.3) is 0 Å². The molecule has 1 unspecified atom stereocenters. The maximum atomic E-state index is 3.73. The van der Waals surface area contributed by atoms with E-state index >= 15 is 0 Å². The highest BCUT2D eigenvalue weighted by Gasteiger charge is 2.25. The van der Waals surface area contributed by atoms with E-state index in [1.807, 2.05) is 0 Å². The van der Waals surface area contributed by atoms with Crippen molar-refractivity contribution >= 4 is 0 Å². The van der Waals surface area contributed by atoms with Crippen LogP contribution in [-0.4, -0.2) is 36.6 Å². The lowest BCUT2D eigenvalue weighted by Crippen LogP contribution is -2.48. The molecule has 2 heteroatoms. The van der Waals surface area contributed by atoms with Crippen LogP contribution in [-0.2, 0) is 0 Å². The summed E-state index contributed by atoms with van der Waals surface area (Å²) in [6, 6.07) is 1.49. The Balaban J connectivity index is 1.69. The van der Waals surface area contributed by atoms with Gasteiger partial charge in [-0.3, -0.25) is 4.90 Å². The van der Waals surface area contributed by atoms with E-state index in [-0.39, 0.29) is 0 Å². The van der Waals surface area contributed by atoms with Crippen molar-refractivity contribution in [2.24, 2.45) is 5.92 Å². The number of rotatable bonds is 4. The molecule has 2 fully saturated rings. The summed E-state index contributed by atoms with van der Waals surface area (Å²) >= 11 is 0. The third kappa shape index (κ3) is 2.96. The summed E-state index contributed by atoms with van der Waals surface area (Å²) < 4.78 is 0. The molecule has 1 atom stereocenters. The minimum atomic E-state index is 0.723. The van der Waals surface area contributed by atoms with E-state index in [4.69, 9.17) is 0 Å². The van der Waals surface area contributed by atoms with Gasteiger partial charge >= 0.3 is 0 Å². The Kier molecular flexibility index (Phi) is 3.45. The largest absolute Gasteiger partial charge is 0.312 e. The van der Waals surface area contributed by atoms with Crippen LogP contribution in [0.2, 0.25) is 0 Å². The SMILES string of the molecule is CC(C)N1CCCC(NCC2CC2)C1. The minimum absolute atomic E-state index is 0.723. The van der Waals surface area contributed by atoms with Gasteiger partial charge in [-0.15, -0.1) is 0 Å². The van der Waals surface area contributed by atoms with Gasteiger partial charge in [0.1, 0.15) is 0 Å². The summed E-state index contributed by atoms with van der Waals surface area (Å²) in [4.78, 5) is 2.61. The van der Waals surface area contributed by atoms with Crippen LogP contribution in [0.1, 0.15) is 39.5 Å². The number of likely N-dealkylation sites (tertiary alicyclic amines) is 1. The van der Waals surface area contributed by atoms with Crippen molar-refractivity contribution in [2.75, 3.05) is 19.6 Å². The van der Waals surface area contributed by atoms with E-state index < -0.39 is 0 Å². The zero-order valence-corrected chi connectivity index (χ0v) is 9.63. The third-order valence-electron chi connectivity index (χ3n) is 3.58. The molecule has 0 aromatic rings. The van der Waals surface area contributed by atoms with Crippen LogP contribution in [0.15, 0.2) is 0 Å². The van der Waals surface area contributed by atoms with Crippen LogP contribution < -0.4 is 5.32 Å². The Hall–Kier alpha value is -0.0800. The Bertz CT molecular complexity index is 175. The molecule has 0 amide bonds. The second-order valence-corrected chi connectivity index (χ2v) is 5.28. The zero-order valence-electron chi connectivity index (χ0n) is 9.63. The van der Waals surface area contributed by atoms with Gasteiger partial charge in [0, 0.05) is 18.6 Å². The molecule has 0 radical (unpaired) electrons. The van der Waals surface area contributed by atoms with Crippen LogP contribution in [0.3, 0.4) is 0 Å². The van der Waals surface area contributed by atoms with Gasteiger partial charge in [0.2, 0.25) is 0 Å². The quantitative estimate of drug-likeness (QED) is 0.738. The van der Waals surface area contributed by atoms with Gasteiger partial charge in [0.25, 0.3) is 0 Å². The molecule has 1 saturated heterocycles. The summed E-state index contributed by atoms with van der Waals surface area (Å²) in [6.07, 6.45) is 5.69. The smallest absolute Gasteiger partial charge is 0.0195 e. The highest BCUT2D eigenvalue weighted by Crippen LogP contribution is 2.28. The second-order valence-electron chi connectivity index (χ2n) is 5.28. The predicted molar refractivity (Wildman–Crippen MR) is 60.5 cm³/mol. The number of hydrogen-bond donors (Lipinski definition) is 1. The lowest BCUT2D eigenvalue weighted by molar-refractivity contribution is 0.154. The second kappa shape index (κ2) is 4.63. The summed E-state index contributed by atoms with van der Waals surface area (Å²) in [5, 5.41) is 3.73. The topological polar surface area (TPSA) is 15.3 Å². The van der Waals surface area contributed by atoms with Crippen LogP contribution in [0.5, 0.6) is 0 Å². The summed E-state index contributed by atoms with van der Waals surface area (Å²) in [5.74, 6) is 1.02. The van der Waals surface area contributed by atoms with Crippen LogP contribution in [0.4, 0.5) is 0 Å². The zero-order chi connectivity index (χ0) is 9.97. The molecule has 14 heavy (non-hydrogen) atoms. The van der Waals surface area contributed by atoms with Crippen LogP contribution in [0, 0.1) is 5.92 Å². The fourth-order valence-electron chi connectivity index (χ4n) is 2.30. The predicted octanol–water partition coefficient (Wildman–Crippen LogP) is 1.86. The molecule has 82 valence electrons. The van der Waals surface area contributed by atoms with Crippen molar-refractivity contribution in [3.8, 4) is 0 Å². The van der Waals surface area contributed by atoms with Gasteiger partial charge in [-0.25, -0.2) is 0 Å². The average Bonchev–Trinajstić information content (AvgIpc) is 2.99. The van der Waals surface area contributed by atoms with Crippen molar-refractivity contribution in [2.45, 2.75) is 51.6 Å². The number of piperidine rings is 1. The lowest BCUT2D eigenvalue weighted by atomic mass is 10.0. The first-order valence-electron chi connectivity index (χ1n) is 6.23. The molecule has 2 nitrogen and oxygen atoms in total. The van der Waals surface area contributed by atoms with Crippen LogP contribution >= 0.6 is 0 Å². The first kappa shape index (κ1) is 10.4. The Morgan fingerprint density at radius 2 is 2.07 bits per heavy atom. The highest BCUT2D eigenvalue weighted by atomic mass is 15.2. The average molecular weight is 196 g/mol. The van der Waals surface area contributed by atoms with Gasteiger partial charge in [0.05, 0.1) is 0 Å². The molecule has 1 N–H and O–H groups in total. The highest BCUT2D eigenvalue weighted by molar-refractivity contribution is 4.83. The molecular formula is C12H24N2. The van der Waals surface area contributed by atoms with Gasteiger partial charge < -0.3 is 5.32 Å². The van der Waals surface area contributed by atoms with Gasteiger partial charge in [-0.05, 0) is 58.5 Å². The van der Waals surface area contributed by atoms with Crippen molar-refractivity contribution in [3.05, 3.63) is 0 Å². The maximum Gasteiger partial charge on any atom is 0.0195 e. The molecule has 2 aliphatic rings. The fraction of sp³-hybridized carbons (Fsp3) is 1.00. The standard InChI is InChI=1S/C12H24N2/c1-10(2)14-7-3-4-12(9-14)13-8-11-5-6-11/h10-13H,3-9H2,1-2H3. The first-order valence-corrected chi connectivity index (χ1v) is 6.23. The van der Waals surface area contributed by atoms with E-state index in [1.54, 1.807) is 0 Å². The molecule has 0 spiro atoms. The van der Waals surface area contributed by atoms with Gasteiger partial charge in [-0.2, -0.15) is 0 Å². The fourth-order valence-corrected chi connectivity index (χ4v) is 2.30. The molecule has 0 aromatic heterocycles. The Morgan fingerprint density at radius 3 is 2.71 bits per heavy atom. The number of nitrogens with one attached hydrogen (secondary N) is 1. The molecule has 1 aliphatic carbocycles. The monoisotopic (exact) mass is 196 g/mol. The third-order valence-corrected chi connectivity index (χ3v) is 3.58. The molecular weight excluding hydrogens is 172 g/mol. The summed E-state index contributed by atoms with van der Waals surface area (Å²) in [6.45, 7) is 8.47. The van der Waals surface area contributed by atoms with E-state index in [0.717, 1.165) is 18.0 Å². The van der Waals surface area contributed by atoms with E-state index in [9.17, 15) is 0 Å². The normalized spacial score (nSPS) is 29.8. The summed E-state index contributed by atoms with van der Waals surface area (Å²) in [5.41, 5.74) is 0. The molecule has 1 aliphatic heterocycles. The van der Waals surface area contributed by atoms with Crippen molar-refractivity contribution < 1.29 is 0 Å². The maximum absolute atomic E-state index is 3.73. The molecule has 0 aromatic carbocycles. The number of hydrogen-bond acceptors (Lipinski definition) is 2. The first-order chi connectivity index (χ1) is 6.75. The van der Waals surface area contributed by atoms with Crippen molar-refractivity contribution in [3.63, 3.8) is 0 Å². The van der Waals surface area contributed by atoms with Crippen molar-refractivity contribution in [1.29, 1.82) is 0 Å². The Morgan fingerprint density at radius 1 is 1.29 bits per heavy atom. The summed E-state index contributed by atoms with van der Waals surface area (Å²) in [7, 11) is 0. The Labute approximate surface area is 88.1 Å². The van der Waals surface area contributed by atoms with Crippen molar-refractivity contribution in [1.82, 2.24) is 10.2 Å². The molecule has 2 rings (SSSR count). The van der Waals surface area contributed by atoms with Gasteiger partial charge in [-0.1, -0.05) is 0 Å². The molecule has 1 saturated carbocycles. The molecule has 1 heterocycles. The number of nitrogens with zero attached hydrogens (tertiary/aromatic N) is 1. The van der Waals surface area contributed by atoms with E-state index in [1.165, 1.54) is 45.3 Å². The minimum Gasteiger partial charge on any atom is -0.312 e. The lowest BCUT2D eigenvalue weighted by Gasteiger charge is -2.35. The molecule has 0 bridgehead atoms.